The molecule has 1 atom stereocenters. The molecule has 184 valence electrons. The molecule has 0 amide bonds. The minimum atomic E-state index is -1.24. The number of rotatable bonds is 9. The van der Waals surface area contributed by atoms with E-state index in [1.54, 1.807) is 45.2 Å². The number of carbonyl (C=O) groups is 2. The molecule has 2 N–H and O–H groups in total. The third kappa shape index (κ3) is 5.43. The molecule has 0 bridgehead atoms. The predicted molar refractivity (Wildman–Crippen MR) is 126 cm³/mol. The fraction of sp³-hybridized carbons (Fsp3) is 0.280. The van der Waals surface area contributed by atoms with Crippen molar-refractivity contribution in [3.63, 3.8) is 0 Å². The number of nitro benzene ring substituents is 1. The van der Waals surface area contributed by atoms with E-state index < -0.39 is 22.8 Å². The van der Waals surface area contributed by atoms with Crippen molar-refractivity contribution in [1.29, 1.82) is 0 Å². The summed E-state index contributed by atoms with van der Waals surface area (Å²) in [5.41, 5.74) is 1.64. The van der Waals surface area contributed by atoms with E-state index in [9.17, 15) is 24.8 Å². The molecule has 1 aliphatic rings. The minimum absolute atomic E-state index is 0.00502. The molecular weight excluding hydrogens is 456 g/mol. The number of allylic oxidation sites excluding steroid dienone is 2. The molecule has 35 heavy (non-hydrogen) atoms. The molecule has 0 aliphatic carbocycles. The van der Waals surface area contributed by atoms with E-state index >= 15 is 0 Å². The van der Waals surface area contributed by atoms with E-state index in [0.717, 1.165) is 5.56 Å². The number of nitro groups is 1. The molecule has 0 saturated carbocycles. The first kappa shape index (κ1) is 25.3. The molecule has 3 rings (SSSR count). The van der Waals surface area contributed by atoms with E-state index in [1.807, 2.05) is 0 Å². The van der Waals surface area contributed by atoms with Crippen LogP contribution in [0.2, 0.25) is 0 Å². The van der Waals surface area contributed by atoms with Crippen molar-refractivity contribution in [3.8, 4) is 11.5 Å². The number of carboxylic acids is 1. The van der Waals surface area contributed by atoms with Gasteiger partial charge in [0.15, 0.2) is 0 Å². The number of benzene rings is 2. The van der Waals surface area contributed by atoms with Gasteiger partial charge in [-0.3, -0.25) is 10.1 Å². The third-order valence-electron chi connectivity index (χ3n) is 5.72. The molecular formula is C25H26N2O8. The summed E-state index contributed by atoms with van der Waals surface area (Å²) in [5, 5.41) is 24.1. The lowest BCUT2D eigenvalue weighted by atomic mass is 9.80. The second-order valence-electron chi connectivity index (χ2n) is 7.86. The Bertz CT molecular complexity index is 1230. The normalized spacial score (nSPS) is 15.4. The SMILES string of the molecule is COc1ccc(CCOC(=O)C2=C(C)NC(C)=C(C(=O)O)C2c2cccc([N+](=O)[O-])c2)c(OC)c1. The minimum Gasteiger partial charge on any atom is -0.497 e. The van der Waals surface area contributed by atoms with Crippen molar-refractivity contribution in [1.82, 2.24) is 5.32 Å². The molecule has 2 aromatic rings. The summed E-state index contributed by atoms with van der Waals surface area (Å²) in [6.45, 7) is 3.22. The van der Waals surface area contributed by atoms with Crippen LogP contribution >= 0.6 is 0 Å². The Balaban J connectivity index is 1.90. The monoisotopic (exact) mass is 482 g/mol. The molecule has 0 spiro atoms. The van der Waals surface area contributed by atoms with Crippen molar-refractivity contribution in [2.45, 2.75) is 26.2 Å². The van der Waals surface area contributed by atoms with E-state index in [2.05, 4.69) is 5.32 Å². The Kier molecular flexibility index (Phi) is 7.75. The topological polar surface area (TPSA) is 137 Å². The van der Waals surface area contributed by atoms with Crippen LogP contribution in [-0.4, -0.2) is 42.8 Å². The fourth-order valence-corrected chi connectivity index (χ4v) is 4.09. The Morgan fingerprint density at radius 3 is 2.40 bits per heavy atom. The van der Waals surface area contributed by atoms with Crippen LogP contribution in [0, 0.1) is 10.1 Å². The smallest absolute Gasteiger partial charge is 0.336 e. The summed E-state index contributed by atoms with van der Waals surface area (Å²) in [4.78, 5) is 36.1. The first-order valence-electron chi connectivity index (χ1n) is 10.7. The summed E-state index contributed by atoms with van der Waals surface area (Å²) in [6.07, 6.45) is 0.348. The number of carbonyl (C=O) groups excluding carboxylic acids is 1. The number of nitrogens with one attached hydrogen (secondary N) is 1. The Morgan fingerprint density at radius 1 is 1.06 bits per heavy atom. The van der Waals surface area contributed by atoms with Crippen LogP contribution in [0.15, 0.2) is 65.0 Å². The summed E-state index contributed by atoms with van der Waals surface area (Å²) < 4.78 is 16.1. The number of methoxy groups -OCH3 is 2. The number of nitrogens with zero attached hydrogens (tertiary/aromatic N) is 1. The van der Waals surface area contributed by atoms with Gasteiger partial charge in [0.2, 0.25) is 0 Å². The highest BCUT2D eigenvalue weighted by Gasteiger charge is 2.37. The van der Waals surface area contributed by atoms with Crippen LogP contribution in [0.1, 0.15) is 30.9 Å². The fourth-order valence-electron chi connectivity index (χ4n) is 4.09. The zero-order chi connectivity index (χ0) is 25.7. The number of esters is 1. The zero-order valence-electron chi connectivity index (χ0n) is 19.8. The van der Waals surface area contributed by atoms with Gasteiger partial charge in [-0.25, -0.2) is 9.59 Å². The van der Waals surface area contributed by atoms with Crippen molar-refractivity contribution in [2.75, 3.05) is 20.8 Å². The lowest BCUT2D eigenvalue weighted by Gasteiger charge is -2.29. The number of non-ortho nitro benzene ring substituents is 1. The summed E-state index contributed by atoms with van der Waals surface area (Å²) >= 11 is 0. The molecule has 0 fully saturated rings. The van der Waals surface area contributed by atoms with Gasteiger partial charge >= 0.3 is 11.9 Å². The maximum Gasteiger partial charge on any atom is 0.336 e. The first-order valence-corrected chi connectivity index (χ1v) is 10.7. The second-order valence-corrected chi connectivity index (χ2v) is 7.86. The average Bonchev–Trinajstić information content (AvgIpc) is 2.83. The molecule has 10 heteroatoms. The van der Waals surface area contributed by atoms with E-state index in [-0.39, 0.29) is 23.4 Å². The van der Waals surface area contributed by atoms with Crippen LogP contribution in [0.3, 0.4) is 0 Å². The van der Waals surface area contributed by atoms with Gasteiger partial charge in [0.1, 0.15) is 11.5 Å². The highest BCUT2D eigenvalue weighted by atomic mass is 16.6. The predicted octanol–water partition coefficient (Wildman–Crippen LogP) is 3.72. The standard InChI is InChI=1S/C25H26N2O8/c1-14-21(24(28)29)23(17-6-5-7-18(12-17)27(31)32)22(15(2)26-14)25(30)35-11-10-16-8-9-19(33-3)13-20(16)34-4/h5-9,12-13,23,26H,10-11H2,1-4H3,(H,28,29). The maximum atomic E-state index is 13.2. The van der Waals surface area contributed by atoms with Crippen LogP contribution < -0.4 is 14.8 Å². The average molecular weight is 482 g/mol. The van der Waals surface area contributed by atoms with Crippen molar-refractivity contribution in [2.24, 2.45) is 0 Å². The number of carboxylic acid groups (broad SMARTS) is 1. The van der Waals surface area contributed by atoms with E-state index in [1.165, 1.54) is 25.3 Å². The van der Waals surface area contributed by atoms with Gasteiger partial charge < -0.3 is 24.6 Å². The van der Waals surface area contributed by atoms with Crippen LogP contribution in [0.25, 0.3) is 0 Å². The molecule has 1 aliphatic heterocycles. The van der Waals surface area contributed by atoms with Crippen LogP contribution in [0.4, 0.5) is 5.69 Å². The quantitative estimate of drug-likeness (QED) is 0.311. The Morgan fingerprint density at radius 2 is 1.77 bits per heavy atom. The van der Waals surface area contributed by atoms with E-state index in [0.29, 0.717) is 34.9 Å². The molecule has 0 aromatic heterocycles. The number of ether oxygens (including phenoxy) is 3. The first-order chi connectivity index (χ1) is 16.7. The van der Waals surface area contributed by atoms with Gasteiger partial charge in [-0.15, -0.1) is 0 Å². The van der Waals surface area contributed by atoms with Crippen molar-refractivity contribution >= 4 is 17.6 Å². The number of aliphatic carboxylic acids is 1. The summed E-state index contributed by atoms with van der Waals surface area (Å²) in [6, 6.07) is 10.9. The number of hydrogen-bond donors (Lipinski definition) is 2. The molecule has 10 nitrogen and oxygen atoms in total. The second kappa shape index (κ2) is 10.7. The van der Waals surface area contributed by atoms with Crippen LogP contribution in [0.5, 0.6) is 11.5 Å². The zero-order valence-corrected chi connectivity index (χ0v) is 19.8. The molecule has 1 heterocycles. The van der Waals surface area contributed by atoms with Crippen LogP contribution in [-0.2, 0) is 20.7 Å². The molecule has 0 radical (unpaired) electrons. The van der Waals surface area contributed by atoms with Crippen molar-refractivity contribution < 1.29 is 33.8 Å². The summed E-state index contributed by atoms with van der Waals surface area (Å²) in [5.74, 6) is -1.80. The van der Waals surface area contributed by atoms with E-state index in [4.69, 9.17) is 14.2 Å². The number of hydrogen-bond acceptors (Lipinski definition) is 8. The Hall–Kier alpha value is -4.34. The van der Waals surface area contributed by atoms with Gasteiger partial charge in [-0.1, -0.05) is 18.2 Å². The number of dihydropyridines is 1. The molecule has 0 saturated heterocycles. The highest BCUT2D eigenvalue weighted by Crippen LogP contribution is 2.39. The van der Waals surface area contributed by atoms with Crippen molar-refractivity contribution in [3.05, 3.63) is 86.2 Å². The van der Waals surface area contributed by atoms with Gasteiger partial charge in [0.25, 0.3) is 5.69 Å². The lowest BCUT2D eigenvalue weighted by molar-refractivity contribution is -0.384. The maximum absolute atomic E-state index is 13.2. The van der Waals surface area contributed by atoms with Gasteiger partial charge in [0, 0.05) is 36.0 Å². The lowest BCUT2D eigenvalue weighted by Crippen LogP contribution is -2.32. The largest absolute Gasteiger partial charge is 0.497 e. The molecule has 1 unspecified atom stereocenters. The van der Waals surface area contributed by atoms with Gasteiger partial charge in [-0.2, -0.15) is 0 Å². The Labute approximate surface area is 202 Å². The van der Waals surface area contributed by atoms with Gasteiger partial charge in [0.05, 0.1) is 42.8 Å². The third-order valence-corrected chi connectivity index (χ3v) is 5.72. The summed E-state index contributed by atoms with van der Waals surface area (Å²) in [7, 11) is 3.07. The molecule has 2 aromatic carbocycles. The highest BCUT2D eigenvalue weighted by molar-refractivity contribution is 5.99. The van der Waals surface area contributed by atoms with Gasteiger partial charge in [-0.05, 0) is 31.0 Å².